The fraction of sp³-hybridized carbons (Fsp3) is 0.431. The van der Waals surface area contributed by atoms with Crippen LogP contribution in [0.25, 0.3) is 0 Å². The molecule has 8 rings (SSSR count). The van der Waals surface area contributed by atoms with Crippen LogP contribution in [0.4, 0.5) is 0 Å². The van der Waals surface area contributed by atoms with E-state index in [1.54, 1.807) is 129 Å². The molecule has 16 heteroatoms. The normalized spacial score (nSPS) is 30.4. The van der Waals surface area contributed by atoms with Crippen LogP contribution in [-0.4, -0.2) is 100 Å². The van der Waals surface area contributed by atoms with E-state index in [9.17, 15) is 29.4 Å². The van der Waals surface area contributed by atoms with Gasteiger partial charge in [0.25, 0.3) is 0 Å². The summed E-state index contributed by atoms with van der Waals surface area (Å²) in [6, 6.07) is 25.3. The van der Waals surface area contributed by atoms with Gasteiger partial charge in [-0.3, -0.25) is 19.2 Å². The molecule has 3 heterocycles. The van der Waals surface area contributed by atoms with Crippen molar-refractivity contribution in [1.29, 1.82) is 0 Å². The summed E-state index contributed by atoms with van der Waals surface area (Å²) < 4.78 is 39.2. The summed E-state index contributed by atoms with van der Waals surface area (Å²) in [5.41, 5.74) is -6.87. The first kappa shape index (κ1) is 47.4. The second kappa shape index (κ2) is 17.9. The standard InChI is InChI=1S/C51H54NO14S/c1-28-33(63-47(59)41(64-37-22-14-15-23-52(37)7)38(31-17-10-8-11-18-31)40(56)32-19-12-9-13-20-32)26-51(60)45(65-46(58)34-21-16-24-67-34)43-49(6,35(55)25-36-50(43,27-61-36)66-30(3)54)44(57)42(62-29(2)53)39(28)48(51,4)5/h8-24,33,35-36,38,41-43,45,55,60H,25-27H2,1-7H3/q+1/t33?,35?,36?,38?,41?,42?,43?,45?,49-,50+,51?/m1/s1. The van der Waals surface area contributed by atoms with E-state index in [0.29, 0.717) is 11.1 Å². The molecule has 15 nitrogen and oxygen atoms in total. The zero-order chi connectivity index (χ0) is 48.2. The molecule has 4 aliphatic rings. The smallest absolute Gasteiger partial charge is 0.368 e. The molecule has 67 heavy (non-hydrogen) atoms. The van der Waals surface area contributed by atoms with E-state index < -0.39 is 112 Å². The Hall–Kier alpha value is -6.07. The molecule has 11 atom stereocenters. The summed E-state index contributed by atoms with van der Waals surface area (Å²) in [5.74, 6) is -7.48. The first-order valence-corrected chi connectivity index (χ1v) is 23.0. The van der Waals surface area contributed by atoms with Crippen molar-refractivity contribution in [3.63, 3.8) is 0 Å². The van der Waals surface area contributed by atoms with Crippen molar-refractivity contribution < 1.29 is 72.0 Å². The topological polar surface area (TPSA) is 202 Å². The highest BCUT2D eigenvalue weighted by Gasteiger charge is 2.78. The van der Waals surface area contributed by atoms with Gasteiger partial charge >= 0.3 is 29.8 Å². The lowest BCUT2D eigenvalue weighted by Crippen LogP contribution is -2.82. The summed E-state index contributed by atoms with van der Waals surface area (Å²) in [6.45, 7) is 8.18. The maximum absolute atomic E-state index is 15.7. The Morgan fingerprint density at radius 2 is 1.54 bits per heavy atom. The number of nitrogens with zero attached hydrogens (tertiary/aromatic N) is 1. The zero-order valence-corrected chi connectivity index (χ0v) is 39.0. The Bertz CT molecular complexity index is 2610. The van der Waals surface area contributed by atoms with Gasteiger partial charge in [0.2, 0.25) is 6.10 Å². The van der Waals surface area contributed by atoms with Crippen molar-refractivity contribution in [3.05, 3.63) is 130 Å². The van der Waals surface area contributed by atoms with Gasteiger partial charge in [-0.15, -0.1) is 11.3 Å². The molecular weight excluding hydrogens is 883 g/mol. The van der Waals surface area contributed by atoms with Crippen LogP contribution in [0.2, 0.25) is 0 Å². The third-order valence-corrected chi connectivity index (χ3v) is 15.3. The summed E-state index contributed by atoms with van der Waals surface area (Å²) in [5, 5.41) is 27.8. The lowest BCUT2D eigenvalue weighted by molar-refractivity contribution is -0.677. The molecule has 3 aliphatic carbocycles. The molecule has 352 valence electrons. The predicted molar refractivity (Wildman–Crippen MR) is 238 cm³/mol. The van der Waals surface area contributed by atoms with Gasteiger partial charge in [-0.2, -0.15) is 4.57 Å². The lowest BCUT2D eigenvalue weighted by Gasteiger charge is -2.67. The van der Waals surface area contributed by atoms with Gasteiger partial charge in [0.1, 0.15) is 35.8 Å². The van der Waals surface area contributed by atoms with Crippen molar-refractivity contribution in [2.24, 2.45) is 23.8 Å². The number of aryl methyl sites for hydroxylation is 1. The van der Waals surface area contributed by atoms with E-state index in [1.165, 1.54) is 19.9 Å². The number of Topliss-reactive ketones (excluding diaryl/α,β-unsaturated/α-hetero) is 2. The fourth-order valence-corrected chi connectivity index (χ4v) is 11.6. The number of pyridine rings is 1. The summed E-state index contributed by atoms with van der Waals surface area (Å²) in [6.07, 6.45) is -8.34. The minimum atomic E-state index is -2.38. The summed E-state index contributed by atoms with van der Waals surface area (Å²) in [7, 11) is 1.70. The van der Waals surface area contributed by atoms with Crippen molar-refractivity contribution in [2.45, 2.75) is 108 Å². The van der Waals surface area contributed by atoms with Gasteiger partial charge in [0.15, 0.2) is 29.5 Å². The molecule has 2 bridgehead atoms. The largest absolute Gasteiger partial charge is 0.455 e. The average Bonchev–Trinajstić information content (AvgIpc) is 3.84. The van der Waals surface area contributed by atoms with Crippen LogP contribution in [0.3, 0.4) is 0 Å². The van der Waals surface area contributed by atoms with E-state index in [4.69, 9.17) is 28.4 Å². The van der Waals surface area contributed by atoms with E-state index in [2.05, 4.69) is 0 Å². The summed E-state index contributed by atoms with van der Waals surface area (Å²) in [4.78, 5) is 86.5. The number of aromatic nitrogens is 1. The molecule has 3 fully saturated rings. The predicted octanol–water partition coefficient (Wildman–Crippen LogP) is 5.20. The quantitative estimate of drug-likeness (QED) is 0.0617. The van der Waals surface area contributed by atoms with Crippen LogP contribution >= 0.6 is 11.3 Å². The first-order chi connectivity index (χ1) is 31.8. The van der Waals surface area contributed by atoms with Crippen molar-refractivity contribution in [1.82, 2.24) is 0 Å². The van der Waals surface area contributed by atoms with Crippen molar-refractivity contribution in [2.75, 3.05) is 6.61 Å². The third kappa shape index (κ3) is 7.96. The number of rotatable bonds is 12. The van der Waals surface area contributed by atoms with Gasteiger partial charge in [-0.25, -0.2) is 9.59 Å². The van der Waals surface area contributed by atoms with E-state index in [-0.39, 0.29) is 34.9 Å². The SMILES string of the molecule is CC(=O)OC1C(=O)[C@]2(C)C(O)CC3OC[C@@]3(OC(C)=O)C2C(OC(=O)c2cccs2)C2(O)CC(OC(=O)C(Oc3cccc[n+]3C)C(C(=O)c3ccccc3)c3ccccc3)C(C)=C1C2(C)C. The lowest BCUT2D eigenvalue weighted by atomic mass is 9.44. The van der Waals surface area contributed by atoms with Gasteiger partial charge in [-0.1, -0.05) is 80.6 Å². The minimum Gasteiger partial charge on any atom is -0.455 e. The monoisotopic (exact) mass is 936 g/mol. The van der Waals surface area contributed by atoms with Crippen LogP contribution in [0.1, 0.15) is 85.9 Å². The highest BCUT2D eigenvalue weighted by Crippen LogP contribution is 2.64. The first-order valence-electron chi connectivity index (χ1n) is 22.1. The molecule has 2 N–H and O–H groups in total. The molecular formula is C51H54NO14S+. The van der Waals surface area contributed by atoms with Crippen molar-refractivity contribution >= 4 is 46.8 Å². The van der Waals surface area contributed by atoms with E-state index >= 15 is 9.59 Å². The van der Waals surface area contributed by atoms with Crippen LogP contribution in [0, 0.1) is 16.7 Å². The van der Waals surface area contributed by atoms with Gasteiger partial charge in [0, 0.05) is 43.7 Å². The molecule has 1 saturated heterocycles. The Kier molecular flexibility index (Phi) is 12.6. The second-order valence-corrected chi connectivity index (χ2v) is 19.5. The Labute approximate surface area is 391 Å². The molecule has 4 aromatic rings. The number of ketones is 2. The maximum Gasteiger partial charge on any atom is 0.368 e. The van der Waals surface area contributed by atoms with Gasteiger partial charge in [0.05, 0.1) is 36.0 Å². The molecule has 2 aromatic heterocycles. The van der Waals surface area contributed by atoms with E-state index in [1.807, 2.05) is 0 Å². The zero-order valence-electron chi connectivity index (χ0n) is 38.2. The van der Waals surface area contributed by atoms with Gasteiger partial charge in [-0.05, 0) is 48.1 Å². The highest BCUT2D eigenvalue weighted by atomic mass is 32.1. The Balaban J connectivity index is 1.33. The number of fused-ring (bicyclic) bond motifs is 5. The van der Waals surface area contributed by atoms with Crippen molar-refractivity contribution in [3.8, 4) is 5.88 Å². The molecule has 9 unspecified atom stereocenters. The molecule has 2 aromatic carbocycles. The number of aliphatic hydroxyl groups is 2. The molecule has 0 spiro atoms. The number of ether oxygens (including phenoxy) is 6. The highest BCUT2D eigenvalue weighted by molar-refractivity contribution is 7.11. The average molecular weight is 937 g/mol. The molecule has 2 saturated carbocycles. The number of hydrogen-bond acceptors (Lipinski definition) is 15. The molecule has 0 radical (unpaired) electrons. The summed E-state index contributed by atoms with van der Waals surface area (Å²) >= 11 is 1.07. The number of thiophene rings is 1. The number of benzene rings is 2. The number of aliphatic hydroxyl groups excluding tert-OH is 1. The van der Waals surface area contributed by atoms with Crippen LogP contribution < -0.4 is 9.30 Å². The maximum atomic E-state index is 15.7. The fourth-order valence-electron chi connectivity index (χ4n) is 11.0. The van der Waals surface area contributed by atoms with Gasteiger partial charge < -0.3 is 38.6 Å². The third-order valence-electron chi connectivity index (χ3n) is 14.4. The van der Waals surface area contributed by atoms with Crippen LogP contribution in [0.15, 0.2) is 114 Å². The number of carbonyl (C=O) groups is 6. The number of esters is 4. The number of hydrogen-bond donors (Lipinski definition) is 2. The van der Waals surface area contributed by atoms with Crippen LogP contribution in [-0.2, 0) is 49.9 Å². The Morgan fingerprint density at radius 1 is 0.866 bits per heavy atom. The number of carbonyl (C=O) groups excluding carboxylic acids is 6. The van der Waals surface area contributed by atoms with E-state index in [0.717, 1.165) is 18.3 Å². The second-order valence-electron chi connectivity index (χ2n) is 18.6. The molecule has 0 amide bonds. The molecule has 1 aliphatic heterocycles. The Morgan fingerprint density at radius 3 is 2.13 bits per heavy atom. The minimum absolute atomic E-state index is 0.0312. The van der Waals surface area contributed by atoms with Crippen LogP contribution in [0.5, 0.6) is 5.88 Å².